The Kier molecular flexibility index (Phi) is 5.91. The summed E-state index contributed by atoms with van der Waals surface area (Å²) in [5.41, 5.74) is 0.767. The Hall–Kier alpha value is -2.26. The third-order valence-electron chi connectivity index (χ3n) is 4.40. The number of aromatic nitrogens is 2. The molecule has 1 aliphatic rings. The average Bonchev–Trinajstić information content (AvgIpc) is 2.67. The van der Waals surface area contributed by atoms with Gasteiger partial charge in [-0.2, -0.15) is 0 Å². The number of anilines is 1. The summed E-state index contributed by atoms with van der Waals surface area (Å²) in [4.78, 5) is 10.7. The molecule has 1 aliphatic heterocycles. The van der Waals surface area contributed by atoms with E-state index in [4.69, 9.17) is 4.74 Å². The van der Waals surface area contributed by atoms with Crippen LogP contribution in [0.2, 0.25) is 0 Å². The molecule has 0 radical (unpaired) electrons. The molecule has 146 valence electrons. The number of hydrogen-bond donors (Lipinski definition) is 1. The molecule has 9 heteroatoms. The first-order valence-corrected chi connectivity index (χ1v) is 10.3. The second-order valence-electron chi connectivity index (χ2n) is 6.45. The lowest BCUT2D eigenvalue weighted by molar-refractivity contribution is 0.400. The molecule has 0 atom stereocenters. The molecule has 1 aromatic carbocycles. The van der Waals surface area contributed by atoms with Gasteiger partial charge in [-0.1, -0.05) is 0 Å². The maximum absolute atomic E-state index is 13.5. The number of aryl methyl sites for hydroxylation is 1. The number of sulfonamides is 1. The lowest BCUT2D eigenvalue weighted by atomic mass is 10.1. The first kappa shape index (κ1) is 19.5. The molecular formula is C18H23FN4O3S. The summed E-state index contributed by atoms with van der Waals surface area (Å²) in [6.07, 6.45) is 3.44. The average molecular weight is 394 g/mol. The van der Waals surface area contributed by atoms with Crippen LogP contribution >= 0.6 is 0 Å². The van der Waals surface area contributed by atoms with Gasteiger partial charge in [0.2, 0.25) is 10.0 Å². The van der Waals surface area contributed by atoms with Crippen LogP contribution in [0.4, 0.5) is 10.2 Å². The number of methoxy groups -OCH3 is 1. The van der Waals surface area contributed by atoms with E-state index in [1.165, 1.54) is 19.6 Å². The highest BCUT2D eigenvalue weighted by Crippen LogP contribution is 2.24. The van der Waals surface area contributed by atoms with Crippen LogP contribution in [0.3, 0.4) is 0 Å². The molecule has 0 aliphatic carbocycles. The third-order valence-corrected chi connectivity index (χ3v) is 5.82. The van der Waals surface area contributed by atoms with Crippen molar-refractivity contribution in [2.45, 2.75) is 37.6 Å². The fourth-order valence-corrected chi connectivity index (χ4v) is 4.23. The fourth-order valence-electron chi connectivity index (χ4n) is 3.07. The van der Waals surface area contributed by atoms with Gasteiger partial charge in [0.25, 0.3) is 0 Å². The van der Waals surface area contributed by atoms with Crippen molar-refractivity contribution in [3.8, 4) is 5.75 Å². The normalized spacial score (nSPS) is 15.0. The summed E-state index contributed by atoms with van der Waals surface area (Å²) in [6.45, 7) is 3.62. The molecule has 1 N–H and O–H groups in total. The van der Waals surface area contributed by atoms with Crippen molar-refractivity contribution in [1.82, 2.24) is 14.7 Å². The minimum Gasteiger partial charge on any atom is -0.495 e. The summed E-state index contributed by atoms with van der Waals surface area (Å²) in [5, 5.41) is 0. The minimum atomic E-state index is -3.98. The van der Waals surface area contributed by atoms with Crippen molar-refractivity contribution in [3.05, 3.63) is 41.6 Å². The van der Waals surface area contributed by atoms with Crippen molar-refractivity contribution in [2.24, 2.45) is 0 Å². The first-order chi connectivity index (χ1) is 12.9. The number of rotatable bonds is 6. The van der Waals surface area contributed by atoms with Crippen LogP contribution in [0.25, 0.3) is 0 Å². The van der Waals surface area contributed by atoms with Gasteiger partial charge in [-0.05, 0) is 44.4 Å². The van der Waals surface area contributed by atoms with Gasteiger partial charge in [0.15, 0.2) is 0 Å². The molecule has 1 saturated heterocycles. The summed E-state index contributed by atoms with van der Waals surface area (Å²) in [6, 6.07) is 5.25. The molecule has 0 bridgehead atoms. The molecule has 27 heavy (non-hydrogen) atoms. The van der Waals surface area contributed by atoms with E-state index in [1.54, 1.807) is 0 Å². The maximum atomic E-state index is 13.5. The van der Waals surface area contributed by atoms with Gasteiger partial charge in [-0.15, -0.1) is 0 Å². The van der Waals surface area contributed by atoms with Crippen LogP contribution in [-0.2, 0) is 16.6 Å². The number of nitrogens with zero attached hydrogens (tertiary/aromatic N) is 3. The van der Waals surface area contributed by atoms with Gasteiger partial charge in [0, 0.05) is 24.8 Å². The number of benzene rings is 1. The van der Waals surface area contributed by atoms with Gasteiger partial charge in [0.1, 0.15) is 28.1 Å². The maximum Gasteiger partial charge on any atom is 0.244 e. The molecular weight excluding hydrogens is 371 g/mol. The van der Waals surface area contributed by atoms with Crippen molar-refractivity contribution in [3.63, 3.8) is 0 Å². The summed E-state index contributed by atoms with van der Waals surface area (Å²) in [7, 11) is -2.65. The second-order valence-corrected chi connectivity index (χ2v) is 8.19. The molecule has 2 heterocycles. The van der Waals surface area contributed by atoms with Crippen molar-refractivity contribution < 1.29 is 17.5 Å². The predicted molar refractivity (Wildman–Crippen MR) is 99.8 cm³/mol. The van der Waals surface area contributed by atoms with Crippen LogP contribution in [0, 0.1) is 12.7 Å². The Bertz CT molecular complexity index is 915. The van der Waals surface area contributed by atoms with Crippen molar-refractivity contribution >= 4 is 15.8 Å². The lowest BCUT2D eigenvalue weighted by Crippen LogP contribution is -2.31. The smallest absolute Gasteiger partial charge is 0.244 e. The quantitative estimate of drug-likeness (QED) is 0.810. The fraction of sp³-hybridized carbons (Fsp3) is 0.444. The Balaban J connectivity index is 1.80. The number of halogens is 1. The van der Waals surface area contributed by atoms with Crippen LogP contribution in [0.15, 0.2) is 29.2 Å². The van der Waals surface area contributed by atoms with E-state index in [1.807, 2.05) is 13.0 Å². The molecule has 0 amide bonds. The topological polar surface area (TPSA) is 84.4 Å². The third kappa shape index (κ3) is 4.72. The van der Waals surface area contributed by atoms with E-state index in [-0.39, 0.29) is 17.2 Å². The van der Waals surface area contributed by atoms with E-state index >= 15 is 0 Å². The van der Waals surface area contributed by atoms with E-state index in [9.17, 15) is 12.8 Å². The molecule has 3 rings (SSSR count). The molecule has 2 aromatic rings. The Morgan fingerprint density at radius 2 is 1.93 bits per heavy atom. The van der Waals surface area contributed by atoms with E-state index < -0.39 is 15.8 Å². The number of ether oxygens (including phenoxy) is 1. The van der Waals surface area contributed by atoms with Gasteiger partial charge in [-0.25, -0.2) is 27.5 Å². The molecule has 1 aromatic heterocycles. The Morgan fingerprint density at radius 1 is 1.19 bits per heavy atom. The molecule has 7 nitrogen and oxygen atoms in total. The lowest BCUT2D eigenvalue weighted by Gasteiger charge is -2.28. The highest BCUT2D eigenvalue weighted by Gasteiger charge is 2.21. The van der Waals surface area contributed by atoms with E-state index in [0.29, 0.717) is 5.82 Å². The predicted octanol–water partition coefficient (Wildman–Crippen LogP) is 2.40. The summed E-state index contributed by atoms with van der Waals surface area (Å²) < 4.78 is 46.1. The summed E-state index contributed by atoms with van der Waals surface area (Å²) >= 11 is 0. The Labute approximate surface area is 158 Å². The van der Waals surface area contributed by atoms with Gasteiger partial charge in [0.05, 0.1) is 13.7 Å². The Morgan fingerprint density at radius 3 is 2.63 bits per heavy atom. The summed E-state index contributed by atoms with van der Waals surface area (Å²) in [5.74, 6) is 0.590. The van der Waals surface area contributed by atoms with E-state index in [2.05, 4.69) is 19.6 Å². The largest absolute Gasteiger partial charge is 0.495 e. The molecule has 0 saturated carbocycles. The zero-order valence-corrected chi connectivity index (χ0v) is 16.2. The first-order valence-electron chi connectivity index (χ1n) is 8.82. The highest BCUT2D eigenvalue weighted by atomic mass is 32.2. The van der Waals surface area contributed by atoms with Crippen molar-refractivity contribution in [2.75, 3.05) is 25.1 Å². The van der Waals surface area contributed by atoms with Crippen molar-refractivity contribution in [1.29, 1.82) is 0 Å². The highest BCUT2D eigenvalue weighted by molar-refractivity contribution is 7.89. The SMILES string of the molecule is COc1ccc(F)cc1S(=O)(=O)NCc1nc(C)cc(N2CCCCC2)n1. The zero-order chi connectivity index (χ0) is 19.4. The molecule has 0 spiro atoms. The number of nitrogens with one attached hydrogen (secondary N) is 1. The van der Waals surface area contributed by atoms with Gasteiger partial charge < -0.3 is 9.64 Å². The number of piperidine rings is 1. The molecule has 1 fully saturated rings. The standard InChI is InChI=1S/C18H23FN4O3S/c1-13-10-18(23-8-4-3-5-9-23)22-17(21-13)12-20-27(24,25)16-11-14(19)6-7-15(16)26-2/h6-7,10-11,20H,3-5,8-9,12H2,1-2H3. The minimum absolute atomic E-state index is 0.0723. The molecule has 0 unspecified atom stereocenters. The number of hydrogen-bond acceptors (Lipinski definition) is 6. The van der Waals surface area contributed by atoms with Crippen LogP contribution in [-0.4, -0.2) is 38.6 Å². The zero-order valence-electron chi connectivity index (χ0n) is 15.4. The monoisotopic (exact) mass is 394 g/mol. The van der Waals surface area contributed by atoms with Crippen LogP contribution in [0.1, 0.15) is 30.8 Å². The van der Waals surface area contributed by atoms with Gasteiger partial charge >= 0.3 is 0 Å². The second kappa shape index (κ2) is 8.18. The van der Waals surface area contributed by atoms with E-state index in [0.717, 1.165) is 49.6 Å². The van der Waals surface area contributed by atoms with Gasteiger partial charge in [-0.3, -0.25) is 0 Å². The van der Waals surface area contributed by atoms with Crippen LogP contribution in [0.5, 0.6) is 5.75 Å². The van der Waals surface area contributed by atoms with Crippen LogP contribution < -0.4 is 14.4 Å².